The second-order valence-corrected chi connectivity index (χ2v) is 9.47. The van der Waals surface area contributed by atoms with Crippen LogP contribution in [0.2, 0.25) is 0 Å². The van der Waals surface area contributed by atoms with E-state index in [9.17, 15) is 22.8 Å². The molecule has 0 radical (unpaired) electrons. The minimum Gasteiger partial charge on any atom is -0.352 e. The monoisotopic (exact) mass is 486 g/mol. The fourth-order valence-electron chi connectivity index (χ4n) is 4.27. The second-order valence-electron chi connectivity index (χ2n) is 8.47. The van der Waals surface area contributed by atoms with Gasteiger partial charge in [0, 0.05) is 30.3 Å². The molecule has 1 aliphatic rings. The predicted octanol–water partition coefficient (Wildman–Crippen LogP) is 5.58. The molecule has 2 heterocycles. The van der Waals surface area contributed by atoms with Crippen LogP contribution in [-0.4, -0.2) is 23.3 Å². The number of hydrogen-bond acceptors (Lipinski definition) is 3. The highest BCUT2D eigenvalue weighted by Crippen LogP contribution is 2.38. The van der Waals surface area contributed by atoms with Crippen molar-refractivity contribution in [2.24, 2.45) is 5.92 Å². The molecule has 1 aromatic heterocycles. The average Bonchev–Trinajstić information content (AvgIpc) is 3.31. The van der Waals surface area contributed by atoms with E-state index < -0.39 is 17.7 Å². The van der Waals surface area contributed by atoms with Gasteiger partial charge in [0.1, 0.15) is 0 Å². The molecule has 4 nitrogen and oxygen atoms in total. The molecule has 0 saturated heterocycles. The number of carbonyl (C=O) groups excluding carboxylic acids is 2. The summed E-state index contributed by atoms with van der Waals surface area (Å²) in [5, 5.41) is 4.70. The van der Waals surface area contributed by atoms with E-state index >= 15 is 0 Å². The summed E-state index contributed by atoms with van der Waals surface area (Å²) in [6, 6.07) is 16.6. The quantitative estimate of drug-likeness (QED) is 0.494. The smallest absolute Gasteiger partial charge is 0.352 e. The molecular formula is C26H25F3N2O2S. The van der Waals surface area contributed by atoms with Gasteiger partial charge in [-0.3, -0.25) is 9.59 Å². The molecule has 2 aromatic carbocycles. The summed E-state index contributed by atoms with van der Waals surface area (Å²) in [4.78, 5) is 29.0. The van der Waals surface area contributed by atoms with Crippen molar-refractivity contribution in [2.45, 2.75) is 38.5 Å². The van der Waals surface area contributed by atoms with Gasteiger partial charge in [-0.1, -0.05) is 49.4 Å². The predicted molar refractivity (Wildman–Crippen MR) is 125 cm³/mol. The van der Waals surface area contributed by atoms with Crippen LogP contribution in [0.1, 0.15) is 46.5 Å². The molecule has 0 bridgehead atoms. The third-order valence-electron chi connectivity index (χ3n) is 6.05. The molecule has 0 spiro atoms. The first-order valence-corrected chi connectivity index (χ1v) is 12.0. The Kier molecular flexibility index (Phi) is 7.07. The molecule has 8 heteroatoms. The van der Waals surface area contributed by atoms with Crippen molar-refractivity contribution in [1.29, 1.82) is 0 Å². The normalized spacial score (nSPS) is 16.6. The Morgan fingerprint density at radius 1 is 1.12 bits per heavy atom. The van der Waals surface area contributed by atoms with Crippen molar-refractivity contribution in [1.82, 2.24) is 10.2 Å². The van der Waals surface area contributed by atoms with Crippen LogP contribution in [0.5, 0.6) is 0 Å². The van der Waals surface area contributed by atoms with Gasteiger partial charge in [0.15, 0.2) is 0 Å². The molecule has 178 valence electrons. The average molecular weight is 487 g/mol. The number of hydrogen-bond donors (Lipinski definition) is 1. The maximum atomic E-state index is 13.3. The molecular weight excluding hydrogens is 461 g/mol. The number of benzene rings is 2. The van der Waals surface area contributed by atoms with Gasteiger partial charge in [0.25, 0.3) is 0 Å². The van der Waals surface area contributed by atoms with Gasteiger partial charge in [-0.2, -0.15) is 13.2 Å². The highest BCUT2D eigenvalue weighted by atomic mass is 32.1. The largest absolute Gasteiger partial charge is 0.416 e. The van der Waals surface area contributed by atoms with Gasteiger partial charge in [0.2, 0.25) is 11.8 Å². The number of amides is 2. The zero-order valence-corrected chi connectivity index (χ0v) is 19.5. The zero-order chi connectivity index (χ0) is 24.3. The number of alkyl halides is 3. The maximum absolute atomic E-state index is 13.3. The van der Waals surface area contributed by atoms with Crippen LogP contribution < -0.4 is 5.32 Å². The number of thiophene rings is 1. The second kappa shape index (κ2) is 10.0. The van der Waals surface area contributed by atoms with Gasteiger partial charge in [-0.05, 0) is 46.7 Å². The van der Waals surface area contributed by atoms with Crippen LogP contribution in [0.15, 0.2) is 66.0 Å². The number of fused-ring (bicyclic) bond motifs is 1. The molecule has 2 amide bonds. The van der Waals surface area contributed by atoms with E-state index in [0.717, 1.165) is 29.7 Å². The van der Waals surface area contributed by atoms with E-state index in [4.69, 9.17) is 0 Å². The van der Waals surface area contributed by atoms with Crippen molar-refractivity contribution in [3.05, 3.63) is 93.2 Å². The SMILES string of the molecule is CC(CC(=O)N1CCc2sccc2[C@H]1c1ccccc1)C(=O)NCc1cccc(C(F)(F)F)c1. The number of nitrogens with one attached hydrogen (secondary N) is 1. The van der Waals surface area contributed by atoms with Crippen LogP contribution >= 0.6 is 11.3 Å². The molecule has 2 atom stereocenters. The zero-order valence-electron chi connectivity index (χ0n) is 18.6. The van der Waals surface area contributed by atoms with E-state index in [-0.39, 0.29) is 30.8 Å². The topological polar surface area (TPSA) is 49.4 Å². The number of rotatable bonds is 6. The summed E-state index contributed by atoms with van der Waals surface area (Å²) >= 11 is 1.69. The molecule has 3 aromatic rings. The Bertz CT molecular complexity index is 1160. The van der Waals surface area contributed by atoms with Crippen molar-refractivity contribution < 1.29 is 22.8 Å². The van der Waals surface area contributed by atoms with Crippen LogP contribution in [0.4, 0.5) is 13.2 Å². The lowest BCUT2D eigenvalue weighted by Gasteiger charge is -2.37. The van der Waals surface area contributed by atoms with Gasteiger partial charge < -0.3 is 10.2 Å². The Morgan fingerprint density at radius 3 is 2.62 bits per heavy atom. The summed E-state index contributed by atoms with van der Waals surface area (Å²) in [5.41, 5.74) is 1.74. The Hall–Kier alpha value is -3.13. The van der Waals surface area contributed by atoms with Crippen molar-refractivity contribution in [2.75, 3.05) is 6.54 Å². The third-order valence-corrected chi connectivity index (χ3v) is 7.05. The molecule has 1 N–H and O–H groups in total. The lowest BCUT2D eigenvalue weighted by atomic mass is 9.92. The molecule has 0 fully saturated rings. The van der Waals surface area contributed by atoms with Gasteiger partial charge in [0.05, 0.1) is 11.6 Å². The van der Waals surface area contributed by atoms with Crippen molar-refractivity contribution in [3.63, 3.8) is 0 Å². The van der Waals surface area contributed by atoms with Crippen LogP contribution in [0, 0.1) is 5.92 Å². The Labute approximate surface area is 200 Å². The molecule has 1 unspecified atom stereocenters. The summed E-state index contributed by atoms with van der Waals surface area (Å²) < 4.78 is 38.7. The fraction of sp³-hybridized carbons (Fsp3) is 0.308. The summed E-state index contributed by atoms with van der Waals surface area (Å²) in [5.74, 6) is -1.10. The standard InChI is InChI=1S/C26H25F3N2O2S/c1-17(25(33)30-16-18-6-5-9-20(15-18)26(27,28)29)14-23(32)31-12-10-22-21(11-13-34-22)24(31)19-7-3-2-4-8-19/h2-9,11,13,15,17,24H,10,12,14,16H2,1H3,(H,30,33)/t17?,24-/m1/s1. The van der Waals surface area contributed by atoms with Gasteiger partial charge in [-0.25, -0.2) is 0 Å². The first kappa shape index (κ1) is 24.0. The molecule has 34 heavy (non-hydrogen) atoms. The number of nitrogens with zero attached hydrogens (tertiary/aromatic N) is 1. The van der Waals surface area contributed by atoms with E-state index in [1.807, 2.05) is 40.6 Å². The van der Waals surface area contributed by atoms with Crippen LogP contribution in [0.25, 0.3) is 0 Å². The van der Waals surface area contributed by atoms with Crippen LogP contribution in [0.3, 0.4) is 0 Å². The Morgan fingerprint density at radius 2 is 1.88 bits per heavy atom. The maximum Gasteiger partial charge on any atom is 0.416 e. The van der Waals surface area contributed by atoms with Crippen molar-refractivity contribution in [3.8, 4) is 0 Å². The first-order chi connectivity index (χ1) is 16.2. The molecule has 4 rings (SSSR count). The van der Waals surface area contributed by atoms with Gasteiger partial charge in [-0.15, -0.1) is 11.3 Å². The highest BCUT2D eigenvalue weighted by Gasteiger charge is 2.34. The van der Waals surface area contributed by atoms with E-state index in [0.29, 0.717) is 12.1 Å². The minimum atomic E-state index is -4.44. The highest BCUT2D eigenvalue weighted by molar-refractivity contribution is 7.10. The number of halogens is 3. The van der Waals surface area contributed by atoms with E-state index in [2.05, 4.69) is 11.4 Å². The first-order valence-electron chi connectivity index (χ1n) is 11.1. The number of carbonyl (C=O) groups is 2. The summed E-state index contributed by atoms with van der Waals surface area (Å²) in [7, 11) is 0. The lowest BCUT2D eigenvalue weighted by molar-refractivity contribution is -0.138. The van der Waals surface area contributed by atoms with E-state index in [1.54, 1.807) is 18.3 Å². The molecule has 0 aliphatic carbocycles. The summed E-state index contributed by atoms with van der Waals surface area (Å²) in [6.07, 6.45) is -3.64. The van der Waals surface area contributed by atoms with Crippen LogP contribution in [-0.2, 0) is 28.7 Å². The third kappa shape index (κ3) is 5.33. The summed E-state index contributed by atoms with van der Waals surface area (Å²) in [6.45, 7) is 2.21. The van der Waals surface area contributed by atoms with Crippen molar-refractivity contribution >= 4 is 23.2 Å². The molecule has 0 saturated carbocycles. The van der Waals surface area contributed by atoms with E-state index in [1.165, 1.54) is 17.0 Å². The van der Waals surface area contributed by atoms with Gasteiger partial charge >= 0.3 is 6.18 Å². The Balaban J connectivity index is 1.41. The fourth-order valence-corrected chi connectivity index (χ4v) is 5.18. The lowest BCUT2D eigenvalue weighted by Crippen LogP contribution is -2.42. The molecule has 1 aliphatic heterocycles. The minimum absolute atomic E-state index is 0.0250.